The first-order valence-electron chi connectivity index (χ1n) is 31.7. The molecule has 0 bridgehead atoms. The highest BCUT2D eigenvalue weighted by Crippen LogP contribution is 2.16. The van der Waals surface area contributed by atoms with Gasteiger partial charge in [0.05, 0.1) is 0 Å². The summed E-state index contributed by atoms with van der Waals surface area (Å²) in [6.07, 6.45) is 84.1. The van der Waals surface area contributed by atoms with Crippen LogP contribution in [-0.2, 0) is 28.6 Å². The number of allylic oxidation sites excluding steroid dienone is 16. The number of ether oxygens (including phenoxy) is 3. The highest BCUT2D eigenvalue weighted by molar-refractivity contribution is 5.71. The molecule has 1 atom stereocenters. The third-order valence-electron chi connectivity index (χ3n) is 13.5. The normalized spacial score (nSPS) is 12.7. The summed E-state index contributed by atoms with van der Waals surface area (Å²) < 4.78 is 16.9. The molecule has 0 amide bonds. The van der Waals surface area contributed by atoms with Gasteiger partial charge < -0.3 is 14.2 Å². The predicted octanol–water partition coefficient (Wildman–Crippen LogP) is 21.7. The Morgan fingerprint density at radius 2 is 0.547 bits per heavy atom. The molecule has 0 aromatic heterocycles. The van der Waals surface area contributed by atoms with Gasteiger partial charge in [0.15, 0.2) is 6.10 Å². The number of unbranched alkanes of at least 4 members (excludes halogenated alkanes) is 30. The third kappa shape index (κ3) is 61.1. The largest absolute Gasteiger partial charge is 0.462 e. The smallest absolute Gasteiger partial charge is 0.306 e. The summed E-state index contributed by atoms with van der Waals surface area (Å²) in [4.78, 5) is 38.3. The lowest BCUT2D eigenvalue weighted by atomic mass is 10.1. The van der Waals surface area contributed by atoms with E-state index in [2.05, 4.69) is 118 Å². The summed E-state index contributed by atoms with van der Waals surface area (Å²) in [7, 11) is 0. The van der Waals surface area contributed by atoms with Crippen molar-refractivity contribution in [2.24, 2.45) is 0 Å². The fourth-order valence-electron chi connectivity index (χ4n) is 8.80. The molecule has 6 heteroatoms. The van der Waals surface area contributed by atoms with Gasteiger partial charge in [0.25, 0.3) is 0 Å². The van der Waals surface area contributed by atoms with Gasteiger partial charge in [0, 0.05) is 19.3 Å². The number of hydrogen-bond acceptors (Lipinski definition) is 6. The molecule has 6 nitrogen and oxygen atoms in total. The molecule has 0 N–H and O–H groups in total. The van der Waals surface area contributed by atoms with Crippen molar-refractivity contribution in [3.63, 3.8) is 0 Å². The Hall–Kier alpha value is -3.67. The Kier molecular flexibility index (Phi) is 59.8. The first-order chi connectivity index (χ1) is 37.0. The van der Waals surface area contributed by atoms with Crippen molar-refractivity contribution in [3.05, 3.63) is 97.2 Å². The van der Waals surface area contributed by atoms with Crippen LogP contribution in [0.1, 0.15) is 303 Å². The number of esters is 3. The van der Waals surface area contributed by atoms with Crippen molar-refractivity contribution in [1.29, 1.82) is 0 Å². The maximum absolute atomic E-state index is 12.9. The second kappa shape index (κ2) is 62.9. The summed E-state index contributed by atoms with van der Waals surface area (Å²) >= 11 is 0. The molecule has 0 saturated carbocycles. The van der Waals surface area contributed by atoms with Crippen molar-refractivity contribution in [3.8, 4) is 0 Å². The first kappa shape index (κ1) is 71.3. The van der Waals surface area contributed by atoms with E-state index in [9.17, 15) is 14.4 Å². The van der Waals surface area contributed by atoms with Crippen molar-refractivity contribution in [2.75, 3.05) is 13.2 Å². The molecule has 0 rings (SSSR count). The standard InChI is InChI=1S/C69H118O6/c1-4-7-10-13-16-19-22-25-27-29-31-33-34-36-37-39-41-44-47-50-53-56-59-62-68(71)74-65-66(64-73-67(70)61-58-55-52-49-46-43-24-21-18-15-12-9-6-3)75-69(72)63-60-57-54-51-48-45-42-40-38-35-32-30-28-26-23-20-17-14-11-8-5-2/h7,10,12,15-16,19,21,23-27,30-33,66H,4-6,8-9,11,13-14,17-18,20,22,28-29,34-65H2,1-3H3/b10-7-,15-12-,19-16-,24-21-,26-23-,27-25-,32-30-,33-31-. The average Bonchev–Trinajstić information content (AvgIpc) is 3.41. The van der Waals surface area contributed by atoms with Gasteiger partial charge in [0.1, 0.15) is 13.2 Å². The van der Waals surface area contributed by atoms with Gasteiger partial charge in [0.2, 0.25) is 0 Å². The van der Waals surface area contributed by atoms with Crippen LogP contribution in [0.25, 0.3) is 0 Å². The molecule has 0 fully saturated rings. The van der Waals surface area contributed by atoms with E-state index in [1.807, 2.05) is 0 Å². The second-order valence-corrected chi connectivity index (χ2v) is 20.9. The Morgan fingerprint density at radius 1 is 0.280 bits per heavy atom. The monoisotopic (exact) mass is 1040 g/mol. The Labute approximate surface area is 464 Å². The zero-order chi connectivity index (χ0) is 54.3. The summed E-state index contributed by atoms with van der Waals surface area (Å²) in [5.74, 6) is -0.900. The van der Waals surface area contributed by atoms with Gasteiger partial charge in [-0.3, -0.25) is 14.4 Å². The molecule has 0 aromatic carbocycles. The molecule has 0 aliphatic heterocycles. The topological polar surface area (TPSA) is 78.9 Å². The van der Waals surface area contributed by atoms with E-state index in [4.69, 9.17) is 14.2 Å². The van der Waals surface area contributed by atoms with Gasteiger partial charge in [-0.1, -0.05) is 266 Å². The Balaban J connectivity index is 4.35. The minimum atomic E-state index is -0.789. The second-order valence-electron chi connectivity index (χ2n) is 20.9. The van der Waals surface area contributed by atoms with E-state index in [-0.39, 0.29) is 31.1 Å². The summed E-state index contributed by atoms with van der Waals surface area (Å²) in [5.41, 5.74) is 0. The molecule has 0 aliphatic carbocycles. The van der Waals surface area contributed by atoms with Crippen molar-refractivity contribution in [1.82, 2.24) is 0 Å². The zero-order valence-corrected chi connectivity index (χ0v) is 49.3. The van der Waals surface area contributed by atoms with Crippen LogP contribution >= 0.6 is 0 Å². The summed E-state index contributed by atoms with van der Waals surface area (Å²) in [5, 5.41) is 0. The van der Waals surface area contributed by atoms with E-state index in [1.165, 1.54) is 141 Å². The quantitative estimate of drug-likeness (QED) is 0.0261. The Morgan fingerprint density at radius 3 is 0.867 bits per heavy atom. The minimum Gasteiger partial charge on any atom is -0.462 e. The highest BCUT2D eigenvalue weighted by Gasteiger charge is 2.19. The molecule has 0 heterocycles. The average molecular weight is 1040 g/mol. The molecule has 75 heavy (non-hydrogen) atoms. The maximum Gasteiger partial charge on any atom is 0.306 e. The number of carbonyl (C=O) groups excluding carboxylic acids is 3. The van der Waals surface area contributed by atoms with Gasteiger partial charge >= 0.3 is 17.9 Å². The number of rotatable bonds is 57. The van der Waals surface area contributed by atoms with E-state index < -0.39 is 6.10 Å². The fraction of sp³-hybridized carbons (Fsp3) is 0.725. The molecule has 0 radical (unpaired) electrons. The van der Waals surface area contributed by atoms with Crippen LogP contribution < -0.4 is 0 Å². The SMILES string of the molecule is CC/C=C\C/C=C\C/C=C\C/C=C\CCCCCCCCCCCCC(=O)OCC(COC(=O)CCCCCCC/C=C\C/C=C\CCC)OC(=O)CCCCCCCCCCC/C=C\C/C=C\CCCCCCC. The van der Waals surface area contributed by atoms with Crippen LogP contribution in [0.3, 0.4) is 0 Å². The molecule has 0 aromatic rings. The van der Waals surface area contributed by atoms with Gasteiger partial charge in [-0.25, -0.2) is 0 Å². The van der Waals surface area contributed by atoms with Crippen LogP contribution in [-0.4, -0.2) is 37.2 Å². The lowest BCUT2D eigenvalue weighted by Gasteiger charge is -2.18. The minimum absolute atomic E-state index is 0.0856. The molecule has 0 aliphatic rings. The van der Waals surface area contributed by atoms with Crippen molar-refractivity contribution >= 4 is 17.9 Å². The first-order valence-corrected chi connectivity index (χ1v) is 31.7. The molecular weight excluding hydrogens is 925 g/mol. The van der Waals surface area contributed by atoms with Crippen LogP contribution in [0.5, 0.6) is 0 Å². The highest BCUT2D eigenvalue weighted by atomic mass is 16.6. The zero-order valence-electron chi connectivity index (χ0n) is 49.3. The molecule has 1 unspecified atom stereocenters. The van der Waals surface area contributed by atoms with E-state index in [0.29, 0.717) is 19.3 Å². The van der Waals surface area contributed by atoms with Crippen molar-refractivity contribution < 1.29 is 28.6 Å². The van der Waals surface area contributed by atoms with E-state index >= 15 is 0 Å². The van der Waals surface area contributed by atoms with Crippen LogP contribution in [0.4, 0.5) is 0 Å². The summed E-state index contributed by atoms with van der Waals surface area (Å²) in [6.45, 7) is 6.46. The maximum atomic E-state index is 12.9. The van der Waals surface area contributed by atoms with E-state index in [0.717, 1.165) is 122 Å². The molecule has 0 spiro atoms. The van der Waals surface area contributed by atoms with Crippen molar-refractivity contribution in [2.45, 2.75) is 309 Å². The number of hydrogen-bond donors (Lipinski definition) is 0. The molecule has 0 saturated heterocycles. The molecular formula is C69H118O6. The third-order valence-corrected chi connectivity index (χ3v) is 13.5. The van der Waals surface area contributed by atoms with Crippen LogP contribution in [0.15, 0.2) is 97.2 Å². The van der Waals surface area contributed by atoms with Gasteiger partial charge in [-0.05, 0) is 116 Å². The van der Waals surface area contributed by atoms with Gasteiger partial charge in [-0.2, -0.15) is 0 Å². The van der Waals surface area contributed by atoms with E-state index in [1.54, 1.807) is 0 Å². The predicted molar refractivity (Wildman–Crippen MR) is 325 cm³/mol. The Bertz CT molecular complexity index is 1480. The lowest BCUT2D eigenvalue weighted by Crippen LogP contribution is -2.30. The summed E-state index contributed by atoms with van der Waals surface area (Å²) in [6, 6.07) is 0. The van der Waals surface area contributed by atoms with Gasteiger partial charge in [-0.15, -0.1) is 0 Å². The fourth-order valence-corrected chi connectivity index (χ4v) is 8.80. The van der Waals surface area contributed by atoms with Crippen LogP contribution in [0.2, 0.25) is 0 Å². The number of carbonyl (C=O) groups is 3. The molecule has 430 valence electrons. The lowest BCUT2D eigenvalue weighted by molar-refractivity contribution is -0.167. The van der Waals surface area contributed by atoms with Crippen LogP contribution in [0, 0.1) is 0 Å².